The van der Waals surface area contributed by atoms with Crippen LogP contribution in [0.2, 0.25) is 0 Å². The van der Waals surface area contributed by atoms with E-state index in [0.29, 0.717) is 5.56 Å². The third-order valence-electron chi connectivity index (χ3n) is 2.15. The quantitative estimate of drug-likeness (QED) is 0.712. The van der Waals surface area contributed by atoms with Gasteiger partial charge in [-0.15, -0.1) is 0 Å². The molecule has 17 heavy (non-hydrogen) atoms. The molecule has 0 spiro atoms. The van der Waals surface area contributed by atoms with Crippen LogP contribution in [0, 0.1) is 0 Å². The van der Waals surface area contributed by atoms with Crippen molar-refractivity contribution in [3.8, 4) is 11.4 Å². The van der Waals surface area contributed by atoms with Crippen LogP contribution in [0.4, 0.5) is 0 Å². The van der Waals surface area contributed by atoms with Crippen LogP contribution in [0.5, 0.6) is 0 Å². The van der Waals surface area contributed by atoms with Gasteiger partial charge in [-0.2, -0.15) is 0 Å². The second kappa shape index (κ2) is 4.09. The summed E-state index contributed by atoms with van der Waals surface area (Å²) in [7, 11) is 0. The topological polar surface area (TPSA) is 109 Å². The van der Waals surface area contributed by atoms with Crippen molar-refractivity contribution in [2.24, 2.45) is 0 Å². The first-order chi connectivity index (χ1) is 8.09. The van der Waals surface area contributed by atoms with Gasteiger partial charge in [0.05, 0.1) is 17.6 Å². The molecule has 6 nitrogen and oxygen atoms in total. The highest BCUT2D eigenvalue weighted by atomic mass is 16.4. The van der Waals surface area contributed by atoms with Crippen molar-refractivity contribution in [3.63, 3.8) is 0 Å². The largest absolute Gasteiger partial charge is 0.543 e. The molecule has 0 aliphatic carbocycles. The van der Waals surface area contributed by atoms with Crippen LogP contribution in [-0.2, 0) is 0 Å². The monoisotopic (exact) mass is 230 g/mol. The maximum absolute atomic E-state index is 10.7. The first-order valence-electron chi connectivity index (χ1n) is 4.67. The SMILES string of the molecule is O=C([O-])c1nc(-c2ccccc2)[nH]c1C(=O)[O-]. The smallest absolute Gasteiger partial charge is 0.138 e. The summed E-state index contributed by atoms with van der Waals surface area (Å²) in [5.74, 6) is -3.16. The minimum atomic E-state index is -1.66. The van der Waals surface area contributed by atoms with E-state index in [1.165, 1.54) is 0 Å². The molecule has 0 atom stereocenters. The molecule has 0 aliphatic rings. The third-order valence-corrected chi connectivity index (χ3v) is 2.15. The Balaban J connectivity index is 2.55. The van der Waals surface area contributed by atoms with Crippen molar-refractivity contribution in [3.05, 3.63) is 41.7 Å². The predicted molar refractivity (Wildman–Crippen MR) is 52.7 cm³/mol. The molecule has 1 N–H and O–H groups in total. The highest BCUT2D eigenvalue weighted by Crippen LogP contribution is 2.17. The summed E-state index contributed by atoms with van der Waals surface area (Å²) in [5.41, 5.74) is -0.685. The molecule has 0 saturated carbocycles. The highest BCUT2D eigenvalue weighted by Gasteiger charge is 2.12. The van der Waals surface area contributed by atoms with E-state index in [-0.39, 0.29) is 5.82 Å². The number of aromatic nitrogens is 2. The molecule has 2 rings (SSSR count). The summed E-state index contributed by atoms with van der Waals surface area (Å²) >= 11 is 0. The van der Waals surface area contributed by atoms with Gasteiger partial charge in [0.15, 0.2) is 0 Å². The van der Waals surface area contributed by atoms with Gasteiger partial charge in [0.1, 0.15) is 11.5 Å². The Hall–Kier alpha value is -2.63. The van der Waals surface area contributed by atoms with E-state index in [9.17, 15) is 19.8 Å². The van der Waals surface area contributed by atoms with Gasteiger partial charge in [-0.25, -0.2) is 4.98 Å². The summed E-state index contributed by atoms with van der Waals surface area (Å²) in [6.45, 7) is 0. The van der Waals surface area contributed by atoms with Gasteiger partial charge in [0.25, 0.3) is 0 Å². The maximum atomic E-state index is 10.7. The fourth-order valence-corrected chi connectivity index (χ4v) is 1.40. The lowest BCUT2D eigenvalue weighted by Gasteiger charge is -2.02. The number of H-pyrrole nitrogens is 1. The number of carboxylic acids is 2. The number of rotatable bonds is 3. The molecule has 6 heteroatoms. The summed E-state index contributed by atoms with van der Waals surface area (Å²) in [6.07, 6.45) is 0. The molecular weight excluding hydrogens is 224 g/mol. The number of nitrogens with one attached hydrogen (secondary N) is 1. The van der Waals surface area contributed by atoms with E-state index in [1.807, 2.05) is 0 Å². The van der Waals surface area contributed by atoms with Crippen LogP contribution in [0.15, 0.2) is 30.3 Å². The van der Waals surface area contributed by atoms with Gasteiger partial charge in [-0.05, 0) is 0 Å². The molecule has 0 bridgehead atoms. The number of carbonyl (C=O) groups excluding carboxylic acids is 2. The van der Waals surface area contributed by atoms with Gasteiger partial charge >= 0.3 is 0 Å². The average molecular weight is 230 g/mol. The van der Waals surface area contributed by atoms with Gasteiger partial charge < -0.3 is 24.8 Å². The van der Waals surface area contributed by atoms with Crippen molar-refractivity contribution >= 4 is 11.9 Å². The molecule has 1 aromatic carbocycles. The molecule has 1 aromatic heterocycles. The van der Waals surface area contributed by atoms with Crippen molar-refractivity contribution in [2.75, 3.05) is 0 Å². The van der Waals surface area contributed by atoms with E-state index >= 15 is 0 Å². The number of benzene rings is 1. The van der Waals surface area contributed by atoms with Crippen LogP contribution < -0.4 is 10.2 Å². The summed E-state index contributed by atoms with van der Waals surface area (Å²) in [5, 5.41) is 21.4. The zero-order chi connectivity index (χ0) is 12.4. The Morgan fingerprint density at radius 1 is 1.06 bits per heavy atom. The first kappa shape index (κ1) is 10.9. The molecule has 86 valence electrons. The molecule has 2 aromatic rings. The number of hydrogen-bond acceptors (Lipinski definition) is 5. The second-order valence-corrected chi connectivity index (χ2v) is 3.25. The van der Waals surface area contributed by atoms with E-state index in [2.05, 4.69) is 9.97 Å². The normalized spacial score (nSPS) is 10.1. The van der Waals surface area contributed by atoms with Crippen molar-refractivity contribution in [2.45, 2.75) is 0 Å². The summed E-state index contributed by atoms with van der Waals surface area (Å²) in [4.78, 5) is 27.4. The van der Waals surface area contributed by atoms with Gasteiger partial charge in [-0.1, -0.05) is 30.3 Å². The van der Waals surface area contributed by atoms with Crippen molar-refractivity contribution in [1.82, 2.24) is 9.97 Å². The Morgan fingerprint density at radius 2 is 1.71 bits per heavy atom. The van der Waals surface area contributed by atoms with Crippen LogP contribution in [0.25, 0.3) is 11.4 Å². The highest BCUT2D eigenvalue weighted by molar-refractivity contribution is 5.98. The van der Waals surface area contributed by atoms with Crippen LogP contribution in [0.3, 0.4) is 0 Å². The van der Waals surface area contributed by atoms with Gasteiger partial charge in [-0.3, -0.25) is 0 Å². The Morgan fingerprint density at radius 3 is 2.18 bits per heavy atom. The van der Waals surface area contributed by atoms with E-state index < -0.39 is 23.3 Å². The third kappa shape index (κ3) is 2.00. The van der Waals surface area contributed by atoms with Crippen LogP contribution in [-0.4, -0.2) is 21.9 Å². The minimum Gasteiger partial charge on any atom is -0.543 e. The van der Waals surface area contributed by atoms with Crippen molar-refractivity contribution in [1.29, 1.82) is 0 Å². The second-order valence-electron chi connectivity index (χ2n) is 3.25. The minimum absolute atomic E-state index is 0.143. The molecule has 0 saturated heterocycles. The number of aromatic carboxylic acids is 2. The molecule has 0 unspecified atom stereocenters. The van der Waals surface area contributed by atoms with Gasteiger partial charge in [0.2, 0.25) is 0 Å². The number of imidazole rings is 1. The molecule has 0 radical (unpaired) electrons. The van der Waals surface area contributed by atoms with E-state index in [1.54, 1.807) is 30.3 Å². The maximum Gasteiger partial charge on any atom is 0.138 e. The molecule has 0 amide bonds. The molecule has 0 aliphatic heterocycles. The summed E-state index contributed by atoms with van der Waals surface area (Å²) < 4.78 is 0. The number of nitrogens with zero attached hydrogens (tertiary/aromatic N) is 1. The first-order valence-corrected chi connectivity index (χ1v) is 4.67. The number of carboxylic acid groups (broad SMARTS) is 2. The zero-order valence-electron chi connectivity index (χ0n) is 8.47. The fourth-order valence-electron chi connectivity index (χ4n) is 1.40. The number of hydrogen-bond donors (Lipinski definition) is 1. The number of aromatic amines is 1. The Bertz CT molecular complexity index is 543. The van der Waals surface area contributed by atoms with Crippen LogP contribution >= 0.6 is 0 Å². The van der Waals surface area contributed by atoms with Crippen molar-refractivity contribution < 1.29 is 19.8 Å². The summed E-state index contributed by atoms with van der Waals surface area (Å²) in [6, 6.07) is 8.53. The Kier molecular flexibility index (Phi) is 2.61. The van der Waals surface area contributed by atoms with E-state index in [4.69, 9.17) is 0 Å². The zero-order valence-corrected chi connectivity index (χ0v) is 8.47. The Labute approximate surface area is 95.6 Å². The van der Waals surface area contributed by atoms with E-state index in [0.717, 1.165) is 0 Å². The molecule has 0 fully saturated rings. The van der Waals surface area contributed by atoms with Crippen LogP contribution in [0.1, 0.15) is 21.0 Å². The molecule has 1 heterocycles. The molecular formula is C11H6N2O4-2. The number of carbonyl (C=O) groups is 2. The predicted octanol–water partition coefficient (Wildman–Crippen LogP) is -1.20. The lowest BCUT2D eigenvalue weighted by molar-refractivity contribution is -0.260. The lowest BCUT2D eigenvalue weighted by Crippen LogP contribution is -2.30. The average Bonchev–Trinajstić information content (AvgIpc) is 2.75. The standard InChI is InChI=1S/C11H8N2O4/c14-10(15)7-8(11(16)17)13-9(12-7)6-4-2-1-3-5-6/h1-5H,(H,12,13)(H,14,15)(H,16,17)/p-2. The fraction of sp³-hybridized carbons (Fsp3) is 0. The lowest BCUT2D eigenvalue weighted by atomic mass is 10.2. The van der Waals surface area contributed by atoms with Gasteiger partial charge in [0, 0.05) is 5.56 Å².